The number of halogens is 1. The molecule has 0 unspecified atom stereocenters. The summed E-state index contributed by atoms with van der Waals surface area (Å²) in [7, 11) is -1.13. The van der Waals surface area contributed by atoms with Crippen LogP contribution in [0.15, 0.2) is 41.3 Å². The molecule has 2 aromatic rings. The van der Waals surface area contributed by atoms with Crippen LogP contribution in [0.25, 0.3) is 10.8 Å². The largest absolute Gasteiger partial charge is 0.297 e. The Morgan fingerprint density at radius 3 is 2.56 bits per heavy atom. The van der Waals surface area contributed by atoms with Gasteiger partial charge in [0, 0.05) is 5.39 Å². The summed E-state index contributed by atoms with van der Waals surface area (Å²) < 4.78 is 40.3. The summed E-state index contributed by atoms with van der Waals surface area (Å²) in [5.74, 6) is -0.603. The molecule has 0 aliphatic rings. The van der Waals surface area contributed by atoms with E-state index in [4.69, 9.17) is 0 Å². The number of hydrogen-bond acceptors (Lipinski definition) is 3. The molecule has 5 heteroatoms. The molecular weight excluding hydrogens is 231 g/mol. The molecular formula is C11H8FO3S. The fourth-order valence-corrected chi connectivity index (χ4v) is 2.11. The van der Waals surface area contributed by atoms with Crippen molar-refractivity contribution in [1.82, 2.24) is 0 Å². The lowest BCUT2D eigenvalue weighted by Crippen LogP contribution is -2.02. The first-order valence-electron chi connectivity index (χ1n) is 4.41. The number of hydrogen-bond donors (Lipinski definition) is 0. The van der Waals surface area contributed by atoms with Crippen molar-refractivity contribution in [3.63, 3.8) is 0 Å². The third-order valence-electron chi connectivity index (χ3n) is 2.23. The summed E-state index contributed by atoms with van der Waals surface area (Å²) in [5.41, 5.74) is 0. The van der Waals surface area contributed by atoms with Crippen LogP contribution < -0.4 is 0 Å². The molecule has 0 saturated carbocycles. The minimum Gasteiger partial charge on any atom is -0.264 e. The minimum absolute atomic E-state index is 0.237. The van der Waals surface area contributed by atoms with Crippen LogP contribution in [0.1, 0.15) is 0 Å². The Labute approximate surface area is 92.6 Å². The van der Waals surface area contributed by atoms with Gasteiger partial charge < -0.3 is 0 Å². The van der Waals surface area contributed by atoms with Gasteiger partial charge in [0.25, 0.3) is 10.1 Å². The maximum atomic E-state index is 13.6. The van der Waals surface area contributed by atoms with Gasteiger partial charge in [0.1, 0.15) is 5.82 Å². The zero-order chi connectivity index (χ0) is 11.8. The summed E-state index contributed by atoms with van der Waals surface area (Å²) in [5, 5.41) is 0.864. The molecule has 0 spiro atoms. The molecule has 2 aromatic carbocycles. The first kappa shape index (κ1) is 11.0. The van der Waals surface area contributed by atoms with Gasteiger partial charge in [-0.1, -0.05) is 24.3 Å². The summed E-state index contributed by atoms with van der Waals surface area (Å²) in [6, 6.07) is 8.84. The molecule has 0 aromatic heterocycles. The highest BCUT2D eigenvalue weighted by molar-refractivity contribution is 7.86. The Bertz CT molecular complexity index is 635. The van der Waals surface area contributed by atoms with Gasteiger partial charge in [-0.25, -0.2) is 4.39 Å². The van der Waals surface area contributed by atoms with Crippen molar-refractivity contribution in [1.29, 1.82) is 0 Å². The van der Waals surface area contributed by atoms with E-state index in [-0.39, 0.29) is 4.90 Å². The second kappa shape index (κ2) is 3.84. The van der Waals surface area contributed by atoms with Crippen LogP contribution in [0.2, 0.25) is 0 Å². The van der Waals surface area contributed by atoms with Gasteiger partial charge in [-0.2, -0.15) is 8.42 Å². The molecule has 3 nitrogen and oxygen atoms in total. The van der Waals surface area contributed by atoms with E-state index in [2.05, 4.69) is 11.3 Å². The normalized spacial score (nSPS) is 11.9. The Hall–Kier alpha value is -1.46. The molecule has 0 fully saturated rings. The van der Waals surface area contributed by atoms with Crippen LogP contribution in [-0.2, 0) is 14.3 Å². The third-order valence-corrected chi connectivity index (χ3v) is 3.35. The fourth-order valence-electron chi connectivity index (χ4n) is 1.45. The standard InChI is InChI=1S/C11H8FO3S/c1-15-16(13,14)9-6-8-4-2-3-5-10(8)11(12)7-9/h2-7H,1H2. The first-order valence-corrected chi connectivity index (χ1v) is 5.82. The van der Waals surface area contributed by atoms with E-state index in [0.717, 1.165) is 6.07 Å². The van der Waals surface area contributed by atoms with E-state index in [1.165, 1.54) is 6.07 Å². The average Bonchev–Trinajstić information content (AvgIpc) is 2.29. The summed E-state index contributed by atoms with van der Waals surface area (Å²) in [4.78, 5) is -0.237. The van der Waals surface area contributed by atoms with Crippen LogP contribution in [0.3, 0.4) is 0 Å². The van der Waals surface area contributed by atoms with E-state index in [1.54, 1.807) is 24.3 Å². The second-order valence-corrected chi connectivity index (χ2v) is 4.81. The zero-order valence-corrected chi connectivity index (χ0v) is 9.00. The van der Waals surface area contributed by atoms with E-state index in [0.29, 0.717) is 10.8 Å². The maximum absolute atomic E-state index is 13.6. The van der Waals surface area contributed by atoms with Gasteiger partial charge in [-0.05, 0) is 17.5 Å². The van der Waals surface area contributed by atoms with Gasteiger partial charge in [0.05, 0.1) is 12.0 Å². The quantitative estimate of drug-likeness (QED) is 0.756. The van der Waals surface area contributed by atoms with Crippen molar-refractivity contribution >= 4 is 20.9 Å². The zero-order valence-electron chi connectivity index (χ0n) is 8.18. The van der Waals surface area contributed by atoms with E-state index < -0.39 is 15.9 Å². The lowest BCUT2D eigenvalue weighted by atomic mass is 10.1. The molecule has 0 N–H and O–H groups in total. The number of benzene rings is 2. The maximum Gasteiger partial charge on any atom is 0.297 e. The molecule has 1 radical (unpaired) electrons. The average molecular weight is 239 g/mol. The molecule has 2 rings (SSSR count). The lowest BCUT2D eigenvalue weighted by Gasteiger charge is -2.04. The summed E-state index contributed by atoms with van der Waals surface area (Å²) >= 11 is 0. The van der Waals surface area contributed by atoms with Crippen molar-refractivity contribution in [2.45, 2.75) is 4.90 Å². The smallest absolute Gasteiger partial charge is 0.264 e. The van der Waals surface area contributed by atoms with E-state index in [1.807, 2.05) is 0 Å². The van der Waals surface area contributed by atoms with Crippen molar-refractivity contribution in [3.8, 4) is 0 Å². The molecule has 0 aliphatic carbocycles. The minimum atomic E-state index is -3.96. The molecule has 0 amide bonds. The lowest BCUT2D eigenvalue weighted by molar-refractivity contribution is 0.437. The van der Waals surface area contributed by atoms with Crippen LogP contribution in [0.4, 0.5) is 4.39 Å². The SMILES string of the molecule is [CH2]OS(=O)(=O)c1cc(F)c2ccccc2c1. The van der Waals surface area contributed by atoms with Crippen LogP contribution >= 0.6 is 0 Å². The van der Waals surface area contributed by atoms with E-state index in [9.17, 15) is 12.8 Å². The Morgan fingerprint density at radius 2 is 1.88 bits per heavy atom. The highest BCUT2D eigenvalue weighted by Gasteiger charge is 2.15. The summed E-state index contributed by atoms with van der Waals surface area (Å²) in [6.45, 7) is 0. The fraction of sp³-hybridized carbons (Fsp3) is 0. The van der Waals surface area contributed by atoms with E-state index >= 15 is 0 Å². The van der Waals surface area contributed by atoms with Gasteiger partial charge in [-0.3, -0.25) is 4.18 Å². The molecule has 0 heterocycles. The highest BCUT2D eigenvalue weighted by atomic mass is 32.2. The van der Waals surface area contributed by atoms with Crippen molar-refractivity contribution in [3.05, 3.63) is 49.3 Å². The highest BCUT2D eigenvalue weighted by Crippen LogP contribution is 2.23. The van der Waals surface area contributed by atoms with Gasteiger partial charge in [-0.15, -0.1) is 0 Å². The third kappa shape index (κ3) is 1.79. The predicted octanol–water partition coefficient (Wildman–Crippen LogP) is 2.48. The van der Waals surface area contributed by atoms with Crippen molar-refractivity contribution in [2.75, 3.05) is 0 Å². The first-order chi connectivity index (χ1) is 7.54. The number of fused-ring (bicyclic) bond motifs is 1. The van der Waals surface area contributed by atoms with Gasteiger partial charge >= 0.3 is 0 Å². The van der Waals surface area contributed by atoms with Crippen LogP contribution in [0.5, 0.6) is 0 Å². The van der Waals surface area contributed by atoms with Crippen LogP contribution in [-0.4, -0.2) is 8.42 Å². The van der Waals surface area contributed by atoms with Gasteiger partial charge in [0.15, 0.2) is 0 Å². The number of rotatable bonds is 2. The Morgan fingerprint density at radius 1 is 1.19 bits per heavy atom. The predicted molar refractivity (Wildman–Crippen MR) is 57.5 cm³/mol. The Balaban J connectivity index is 2.77. The monoisotopic (exact) mass is 239 g/mol. The van der Waals surface area contributed by atoms with Gasteiger partial charge in [0.2, 0.25) is 0 Å². The Kier molecular flexibility index (Phi) is 2.65. The molecule has 83 valence electrons. The molecule has 0 saturated heterocycles. The molecule has 0 atom stereocenters. The summed E-state index contributed by atoms with van der Waals surface area (Å²) in [6.07, 6.45) is 0. The topological polar surface area (TPSA) is 43.4 Å². The van der Waals surface area contributed by atoms with Crippen LogP contribution in [0, 0.1) is 12.9 Å². The van der Waals surface area contributed by atoms with Crippen molar-refractivity contribution in [2.24, 2.45) is 0 Å². The van der Waals surface area contributed by atoms with Crippen molar-refractivity contribution < 1.29 is 17.0 Å². The molecule has 0 aliphatic heterocycles. The molecule has 16 heavy (non-hydrogen) atoms. The molecule has 0 bridgehead atoms. The second-order valence-electron chi connectivity index (χ2n) is 3.20.